The number of carbonyl (C=O) groups excluding carboxylic acids is 13. The number of nitrogens with zero attached hydrogens (tertiary/aromatic N) is 1. The number of aliphatic hydroxyl groups excluding tert-OH is 3. The number of aromatic nitrogens is 3. The average molecular weight is 1900 g/mol. The van der Waals surface area contributed by atoms with Gasteiger partial charge in [-0.1, -0.05) is 143 Å². The van der Waals surface area contributed by atoms with E-state index in [1.165, 1.54) is 11.8 Å². The summed E-state index contributed by atoms with van der Waals surface area (Å²) in [5.74, 6) is -16.5. The molecule has 1 fully saturated rings. The van der Waals surface area contributed by atoms with Crippen molar-refractivity contribution in [2.75, 3.05) is 26.2 Å². The van der Waals surface area contributed by atoms with Crippen LogP contribution in [0.1, 0.15) is 140 Å². The zero-order valence-electron chi connectivity index (χ0n) is 77.5. The molecular formula is C96H129N21O20. The van der Waals surface area contributed by atoms with E-state index in [4.69, 9.17) is 22.6 Å². The zero-order valence-corrected chi connectivity index (χ0v) is 77.5. The minimum Gasteiger partial charge on any atom is -0.481 e. The summed E-state index contributed by atoms with van der Waals surface area (Å²) in [6.07, 6.45) is 0.239. The largest absolute Gasteiger partial charge is 0.481 e. The maximum atomic E-state index is 15.2. The normalized spacial score (nSPS) is 15.8. The van der Waals surface area contributed by atoms with Gasteiger partial charge in [0.2, 0.25) is 76.8 Å². The Morgan fingerprint density at radius 3 is 1.24 bits per heavy atom. The number of nitrogens with one attached hydrogen (secondary N) is 17. The van der Waals surface area contributed by atoms with E-state index < -0.39 is 217 Å². The van der Waals surface area contributed by atoms with Gasteiger partial charge in [0.25, 0.3) is 0 Å². The van der Waals surface area contributed by atoms with Crippen LogP contribution in [-0.4, -0.2) is 263 Å². The summed E-state index contributed by atoms with van der Waals surface area (Å²) in [5.41, 5.74) is 22.7. The summed E-state index contributed by atoms with van der Waals surface area (Å²) in [4.78, 5) is 226. The Bertz CT molecular complexity index is 5490. The third kappa shape index (κ3) is 31.7. The van der Waals surface area contributed by atoms with Crippen LogP contribution in [0.3, 0.4) is 0 Å². The van der Waals surface area contributed by atoms with Crippen molar-refractivity contribution in [3.8, 4) is 0 Å². The molecule has 1 saturated heterocycles. The van der Waals surface area contributed by atoms with Crippen LogP contribution >= 0.6 is 0 Å². The van der Waals surface area contributed by atoms with Gasteiger partial charge in [-0.25, -0.2) is 4.79 Å². The highest BCUT2D eigenvalue weighted by Gasteiger charge is 2.43. The number of carboxylic acids is 2. The first-order valence-corrected chi connectivity index (χ1v) is 46.0. The number of unbranched alkanes of at least 4 members (excludes halogenated alkanes) is 1. The van der Waals surface area contributed by atoms with E-state index in [0.29, 0.717) is 46.0 Å². The number of rotatable bonds is 54. The molecule has 16 atom stereocenters. The van der Waals surface area contributed by atoms with E-state index in [1.807, 2.05) is 42.5 Å². The van der Waals surface area contributed by atoms with Crippen molar-refractivity contribution in [3.05, 3.63) is 180 Å². The third-order valence-corrected chi connectivity index (χ3v) is 23.6. The number of hydrogen-bond acceptors (Lipinski definition) is 21. The molecular weight excluding hydrogens is 1770 g/mol. The van der Waals surface area contributed by atoms with E-state index in [-0.39, 0.29) is 103 Å². The second-order valence-corrected chi connectivity index (χ2v) is 35.4. The molecule has 0 unspecified atom stereocenters. The maximum absolute atomic E-state index is 15.2. The molecule has 5 aromatic carbocycles. The highest BCUT2D eigenvalue weighted by atomic mass is 16.4. The number of aromatic amines is 3. The molecule has 3 aromatic heterocycles. The van der Waals surface area contributed by atoms with Gasteiger partial charge in [0.05, 0.1) is 24.9 Å². The SMILES string of the molecule is CC(C)C[C@H](NC(=O)[C@@H](NC(=O)[C@H](CO)NC(=O)[C@@H]1CCCN1C(=O)[C@H](CC(C)C)NC(=O)[C@H](Cc1ccccc1)NC(=O)[C@H](Cc1ccccc1)NC(=O)[C@@H](NC(=O)[C@H](Cc1c[nH]c2ccccc12)NC(=O)[C@@H](N)Cc1c[nH]c2ccccc12)[C@@H](C)O)[C@@H](C)O)C(=O)N[C@@H](Cc1c[nH]c2ccccc12)C(=O)N[C@@H](CCC(=O)O)C(=O)N[C@@H](CCCNC(=N)N)C(=O)N[C@@H](CCCCN)C(=O)O. The molecule has 41 heteroatoms. The summed E-state index contributed by atoms with van der Waals surface area (Å²) in [6, 6.07) is 16.9. The lowest BCUT2D eigenvalue weighted by Gasteiger charge is -2.32. The number of H-pyrrole nitrogens is 3. The van der Waals surface area contributed by atoms with Crippen LogP contribution in [0.4, 0.5) is 0 Å². The quantitative estimate of drug-likeness (QED) is 0.0135. The molecule has 0 bridgehead atoms. The molecule has 1 aliphatic heterocycles. The maximum Gasteiger partial charge on any atom is 0.326 e. The second-order valence-electron chi connectivity index (χ2n) is 35.4. The number of likely N-dealkylation sites (tertiary alicyclic amines) is 1. The van der Waals surface area contributed by atoms with Crippen LogP contribution in [0, 0.1) is 17.2 Å². The Hall–Kier alpha value is -14.2. The fourth-order valence-corrected chi connectivity index (χ4v) is 16.4. The van der Waals surface area contributed by atoms with E-state index in [2.05, 4.69) is 84.1 Å². The van der Waals surface area contributed by atoms with Gasteiger partial charge >= 0.3 is 11.9 Å². The number of fused-ring (bicyclic) bond motifs is 3. The van der Waals surface area contributed by atoms with Crippen LogP contribution in [0.2, 0.25) is 0 Å². The molecule has 738 valence electrons. The molecule has 137 heavy (non-hydrogen) atoms. The van der Waals surface area contributed by atoms with Gasteiger partial charge < -0.3 is 132 Å². The second kappa shape index (κ2) is 52.1. The molecule has 0 radical (unpaired) electrons. The lowest BCUT2D eigenvalue weighted by atomic mass is 9.99. The number of guanidine groups is 1. The Morgan fingerprint density at radius 2 is 0.796 bits per heavy atom. The topological polar surface area (TPSA) is 666 Å². The predicted octanol–water partition coefficient (Wildman–Crippen LogP) is -0.0325. The van der Waals surface area contributed by atoms with Crippen molar-refractivity contribution in [2.24, 2.45) is 29.0 Å². The Labute approximate surface area is 791 Å². The molecule has 0 saturated carbocycles. The zero-order chi connectivity index (χ0) is 99.7. The third-order valence-electron chi connectivity index (χ3n) is 23.6. The van der Waals surface area contributed by atoms with Crippen LogP contribution in [0.15, 0.2) is 152 Å². The molecule has 4 heterocycles. The van der Waals surface area contributed by atoms with Crippen LogP contribution in [-0.2, 0) is 104 Å². The van der Waals surface area contributed by atoms with Gasteiger partial charge in [-0.3, -0.25) is 72.5 Å². The van der Waals surface area contributed by atoms with Crippen molar-refractivity contribution in [1.29, 1.82) is 5.41 Å². The number of carboxylic acid groups (broad SMARTS) is 2. The highest BCUT2D eigenvalue weighted by molar-refractivity contribution is 6.02. The minimum absolute atomic E-state index is 0.00558. The van der Waals surface area contributed by atoms with Crippen molar-refractivity contribution < 1.29 is 97.5 Å². The smallest absolute Gasteiger partial charge is 0.326 e. The summed E-state index contributed by atoms with van der Waals surface area (Å²) < 4.78 is 0. The lowest BCUT2D eigenvalue weighted by molar-refractivity contribution is -0.143. The molecule has 41 nitrogen and oxygen atoms in total. The van der Waals surface area contributed by atoms with Crippen LogP contribution in [0.5, 0.6) is 0 Å². The van der Waals surface area contributed by atoms with E-state index in [0.717, 1.165) is 34.3 Å². The molecule has 0 spiro atoms. The first-order chi connectivity index (χ1) is 65.4. The number of benzene rings is 5. The number of amides is 13. The van der Waals surface area contributed by atoms with Gasteiger partial charge in [0, 0.05) is 96.5 Å². The van der Waals surface area contributed by atoms with Crippen molar-refractivity contribution >= 4 is 127 Å². The van der Waals surface area contributed by atoms with Crippen molar-refractivity contribution in [1.82, 2.24) is 89.0 Å². The standard InChI is InChI=1S/C96H129N21O20/c1-52(2)41-71(85(126)110-74(46-59-49-103-66-31-17-14-28-62(59)66)88(129)106-69(36-37-79(121)122)84(125)105-68(34-21-39-101-96(99)100)83(124)107-70(95(136)137)33-19-20-38-97)111-92(133)81(55(6)120)116-90(131)77(51-118)114-91(132)78-35-22-40-117(78)94(135)76(42-53(3)4)113-87(128)72(43-56-23-9-7-10-24-56)109-86(127)73(44-57-25-11-8-12-26-57)112-93(134)80(54(5)119)115-89(130)75(47-60-50-104-67-32-18-15-29-63(60)67)108-82(123)64(98)45-58-48-102-65-30-16-13-27-61(58)65/h7-18,23-32,48-50,52-55,64,68-78,80-81,102-104,118-120H,19-22,33-47,51,97-98H2,1-6H3,(H,105,125)(H,106,129)(H,107,124)(H,108,123)(H,109,127)(H,110,126)(H,111,133)(H,112,134)(H,113,128)(H,114,132)(H,115,130)(H,116,131)(H,121,122)(H,136,137)(H4,99,100,101)/t54-,55-,64+,68+,69+,70+,71+,72+,73+,74+,75+,76+,77+,78+,80+,81+/m1/s1. The number of nitrogens with two attached hydrogens (primary N) is 3. The number of para-hydroxylation sites is 3. The van der Waals surface area contributed by atoms with Crippen molar-refractivity contribution in [3.63, 3.8) is 0 Å². The number of aliphatic hydroxyl groups is 3. The monoisotopic (exact) mass is 1900 g/mol. The Balaban J connectivity index is 0.885. The van der Waals surface area contributed by atoms with Gasteiger partial charge in [-0.15, -0.1) is 0 Å². The Morgan fingerprint density at radius 1 is 0.423 bits per heavy atom. The number of carbonyl (C=O) groups is 15. The van der Waals surface area contributed by atoms with Gasteiger partial charge in [0.15, 0.2) is 5.96 Å². The van der Waals surface area contributed by atoms with E-state index in [9.17, 15) is 83.1 Å². The van der Waals surface area contributed by atoms with Crippen molar-refractivity contribution in [2.45, 2.75) is 241 Å². The highest BCUT2D eigenvalue weighted by Crippen LogP contribution is 2.26. The number of hydrogen-bond donors (Lipinski definition) is 25. The Kier molecular flexibility index (Phi) is 40.5. The molecule has 28 N–H and O–H groups in total. The van der Waals surface area contributed by atoms with E-state index in [1.54, 1.807) is 137 Å². The van der Waals surface area contributed by atoms with Gasteiger partial charge in [0.1, 0.15) is 78.5 Å². The summed E-state index contributed by atoms with van der Waals surface area (Å²) in [7, 11) is 0. The number of aliphatic carboxylic acids is 2. The first-order valence-electron chi connectivity index (χ1n) is 46.0. The summed E-state index contributed by atoms with van der Waals surface area (Å²) in [5, 5.41) is 96.9. The van der Waals surface area contributed by atoms with Crippen LogP contribution in [0.25, 0.3) is 32.7 Å². The van der Waals surface area contributed by atoms with Gasteiger partial charge in [-0.2, -0.15) is 0 Å². The molecule has 1 aliphatic rings. The fraction of sp³-hybridized carbons (Fsp3) is 0.458. The van der Waals surface area contributed by atoms with Crippen LogP contribution < -0.4 is 86.3 Å². The lowest BCUT2D eigenvalue weighted by Crippen LogP contribution is -2.63. The summed E-state index contributed by atoms with van der Waals surface area (Å²) in [6.45, 7) is 8.42. The molecule has 8 aromatic rings. The van der Waals surface area contributed by atoms with Gasteiger partial charge in [-0.05, 0) is 149 Å². The average Bonchev–Trinajstić information content (AvgIpc) is 1.72. The molecule has 0 aliphatic carbocycles. The molecule has 9 rings (SSSR count). The predicted molar refractivity (Wildman–Crippen MR) is 508 cm³/mol. The first kappa shape index (κ1) is 107. The molecule has 13 amide bonds. The summed E-state index contributed by atoms with van der Waals surface area (Å²) >= 11 is 0. The minimum atomic E-state index is -1.94. The fourth-order valence-electron chi connectivity index (χ4n) is 16.4. The van der Waals surface area contributed by atoms with E-state index >= 15 is 14.4 Å².